The number of anilines is 2. The molecule has 152 valence electrons. The minimum absolute atomic E-state index is 0.0129. The maximum Gasteiger partial charge on any atom is 0.265 e. The lowest BCUT2D eigenvalue weighted by atomic mass is 10.1. The molecule has 0 atom stereocenters. The first-order valence-corrected chi connectivity index (χ1v) is 9.69. The van der Waals surface area contributed by atoms with Crippen molar-refractivity contribution in [3.8, 4) is 11.5 Å². The van der Waals surface area contributed by atoms with Gasteiger partial charge in [-0.2, -0.15) is 0 Å². The van der Waals surface area contributed by atoms with Gasteiger partial charge in [-0.05, 0) is 48.0 Å². The Balaban J connectivity index is 1.49. The summed E-state index contributed by atoms with van der Waals surface area (Å²) in [5, 5.41) is 3.31. The standard InChI is InChI=1S/C23H19ClN2O4/c1-29-20-11-10-17(24)12-18(20)25-23(28)16-8-6-15(7-9-16)13-26-19-4-2-3-5-21(19)30-14-22(26)27/h2-12H,13-14H2,1H3,(H,25,28). The van der Waals surface area contributed by atoms with Crippen LogP contribution in [0.3, 0.4) is 0 Å². The highest BCUT2D eigenvalue weighted by Gasteiger charge is 2.25. The topological polar surface area (TPSA) is 67.9 Å². The number of hydrogen-bond acceptors (Lipinski definition) is 4. The molecule has 7 heteroatoms. The maximum atomic E-state index is 12.6. The minimum Gasteiger partial charge on any atom is -0.495 e. The van der Waals surface area contributed by atoms with E-state index in [2.05, 4.69) is 5.32 Å². The second-order valence-corrected chi connectivity index (χ2v) is 7.17. The monoisotopic (exact) mass is 422 g/mol. The molecule has 1 heterocycles. The summed E-state index contributed by atoms with van der Waals surface area (Å²) in [6.07, 6.45) is 0. The molecule has 3 aromatic carbocycles. The molecule has 0 radical (unpaired) electrons. The maximum absolute atomic E-state index is 12.6. The van der Waals surface area contributed by atoms with Crippen molar-refractivity contribution in [1.29, 1.82) is 0 Å². The van der Waals surface area contributed by atoms with Crippen molar-refractivity contribution < 1.29 is 19.1 Å². The lowest BCUT2D eigenvalue weighted by molar-refractivity contribution is -0.121. The number of carbonyl (C=O) groups is 2. The van der Waals surface area contributed by atoms with Crippen LogP contribution in [0, 0.1) is 0 Å². The molecule has 1 aliphatic heterocycles. The van der Waals surface area contributed by atoms with E-state index in [4.69, 9.17) is 21.1 Å². The first-order valence-electron chi connectivity index (χ1n) is 9.31. The van der Waals surface area contributed by atoms with Crippen molar-refractivity contribution in [2.24, 2.45) is 0 Å². The number of para-hydroxylation sites is 2. The summed E-state index contributed by atoms with van der Waals surface area (Å²) in [4.78, 5) is 26.6. The van der Waals surface area contributed by atoms with Gasteiger partial charge in [0.1, 0.15) is 11.5 Å². The smallest absolute Gasteiger partial charge is 0.265 e. The molecular formula is C23H19ClN2O4. The molecule has 0 saturated carbocycles. The average molecular weight is 423 g/mol. The fourth-order valence-corrected chi connectivity index (χ4v) is 3.42. The Morgan fingerprint density at radius 2 is 1.90 bits per heavy atom. The van der Waals surface area contributed by atoms with Gasteiger partial charge in [-0.25, -0.2) is 0 Å². The third-order valence-corrected chi connectivity index (χ3v) is 5.01. The van der Waals surface area contributed by atoms with E-state index in [0.717, 1.165) is 11.3 Å². The normalized spacial score (nSPS) is 12.7. The van der Waals surface area contributed by atoms with Gasteiger partial charge in [0.05, 0.1) is 25.0 Å². The van der Waals surface area contributed by atoms with Gasteiger partial charge in [-0.3, -0.25) is 9.59 Å². The summed E-state index contributed by atoms with van der Waals surface area (Å²) in [6, 6.07) is 19.5. The molecule has 3 aromatic rings. The number of nitrogens with one attached hydrogen (secondary N) is 1. The first kappa shape index (κ1) is 19.8. The van der Waals surface area contributed by atoms with Crippen molar-refractivity contribution in [3.63, 3.8) is 0 Å². The van der Waals surface area contributed by atoms with E-state index in [9.17, 15) is 9.59 Å². The Labute approximate surface area is 179 Å². The van der Waals surface area contributed by atoms with Crippen LogP contribution in [0.2, 0.25) is 5.02 Å². The Morgan fingerprint density at radius 3 is 2.67 bits per heavy atom. The van der Waals surface area contributed by atoms with E-state index in [1.165, 1.54) is 7.11 Å². The zero-order chi connectivity index (χ0) is 21.1. The Kier molecular flexibility index (Phi) is 5.59. The highest BCUT2D eigenvalue weighted by molar-refractivity contribution is 6.31. The molecule has 0 aromatic heterocycles. The summed E-state index contributed by atoms with van der Waals surface area (Å²) >= 11 is 6.02. The van der Waals surface area contributed by atoms with E-state index >= 15 is 0 Å². The summed E-state index contributed by atoms with van der Waals surface area (Å²) in [7, 11) is 1.53. The second-order valence-electron chi connectivity index (χ2n) is 6.73. The number of ether oxygens (including phenoxy) is 2. The average Bonchev–Trinajstić information content (AvgIpc) is 2.76. The molecule has 0 fully saturated rings. The molecule has 0 spiro atoms. The van der Waals surface area contributed by atoms with Crippen LogP contribution >= 0.6 is 11.6 Å². The van der Waals surface area contributed by atoms with Crippen LogP contribution in [0.15, 0.2) is 66.7 Å². The van der Waals surface area contributed by atoms with Crippen molar-refractivity contribution >= 4 is 34.8 Å². The van der Waals surface area contributed by atoms with Crippen molar-refractivity contribution in [3.05, 3.63) is 82.9 Å². The lowest BCUT2D eigenvalue weighted by Gasteiger charge is -2.29. The SMILES string of the molecule is COc1ccc(Cl)cc1NC(=O)c1ccc(CN2C(=O)COc3ccccc32)cc1. The van der Waals surface area contributed by atoms with Crippen LogP contribution < -0.4 is 19.7 Å². The van der Waals surface area contributed by atoms with E-state index in [-0.39, 0.29) is 18.4 Å². The predicted octanol–water partition coefficient (Wildman–Crippen LogP) is 4.53. The molecule has 0 bridgehead atoms. The fourth-order valence-electron chi connectivity index (χ4n) is 3.24. The molecule has 0 saturated heterocycles. The third-order valence-electron chi connectivity index (χ3n) is 4.77. The largest absolute Gasteiger partial charge is 0.495 e. The molecular weight excluding hydrogens is 404 g/mol. The predicted molar refractivity (Wildman–Crippen MR) is 116 cm³/mol. The molecule has 0 unspecified atom stereocenters. The molecule has 0 aliphatic carbocycles. The van der Waals surface area contributed by atoms with Crippen molar-refractivity contribution in [1.82, 2.24) is 0 Å². The second kappa shape index (κ2) is 8.47. The number of halogens is 1. The van der Waals surface area contributed by atoms with Crippen LogP contribution in [0.25, 0.3) is 0 Å². The number of benzene rings is 3. The number of carbonyl (C=O) groups excluding carboxylic acids is 2. The number of rotatable bonds is 5. The van der Waals surface area contributed by atoms with Gasteiger partial charge in [-0.15, -0.1) is 0 Å². The zero-order valence-corrected chi connectivity index (χ0v) is 17.0. The van der Waals surface area contributed by atoms with E-state index in [0.29, 0.717) is 34.3 Å². The van der Waals surface area contributed by atoms with Gasteiger partial charge in [0.15, 0.2) is 6.61 Å². The molecule has 6 nitrogen and oxygen atoms in total. The number of methoxy groups -OCH3 is 1. The summed E-state index contributed by atoms with van der Waals surface area (Å²) < 4.78 is 10.7. The number of fused-ring (bicyclic) bond motifs is 1. The zero-order valence-electron chi connectivity index (χ0n) is 16.2. The summed E-state index contributed by atoms with van der Waals surface area (Å²) in [6.45, 7) is 0.405. The number of nitrogens with zero attached hydrogens (tertiary/aromatic N) is 1. The highest BCUT2D eigenvalue weighted by Crippen LogP contribution is 2.32. The Morgan fingerprint density at radius 1 is 1.13 bits per heavy atom. The van der Waals surface area contributed by atoms with Gasteiger partial charge in [0, 0.05) is 10.6 Å². The van der Waals surface area contributed by atoms with Crippen molar-refractivity contribution in [2.45, 2.75) is 6.54 Å². The van der Waals surface area contributed by atoms with Crippen LogP contribution in [0.5, 0.6) is 11.5 Å². The number of hydrogen-bond donors (Lipinski definition) is 1. The number of amides is 2. The quantitative estimate of drug-likeness (QED) is 0.656. The van der Waals surface area contributed by atoms with Crippen LogP contribution in [0.4, 0.5) is 11.4 Å². The van der Waals surface area contributed by atoms with E-state index < -0.39 is 0 Å². The minimum atomic E-state index is -0.282. The highest BCUT2D eigenvalue weighted by atomic mass is 35.5. The van der Waals surface area contributed by atoms with Gasteiger partial charge in [0.2, 0.25) is 0 Å². The molecule has 1 N–H and O–H groups in total. The molecule has 4 rings (SSSR count). The first-order chi connectivity index (χ1) is 14.5. The fraction of sp³-hybridized carbons (Fsp3) is 0.130. The van der Waals surface area contributed by atoms with Crippen LogP contribution in [0.1, 0.15) is 15.9 Å². The van der Waals surface area contributed by atoms with Gasteiger partial charge in [-0.1, -0.05) is 35.9 Å². The van der Waals surface area contributed by atoms with Crippen molar-refractivity contribution in [2.75, 3.05) is 23.9 Å². The van der Waals surface area contributed by atoms with Gasteiger partial charge in [0.25, 0.3) is 11.8 Å². The summed E-state index contributed by atoms with van der Waals surface area (Å²) in [5.41, 5.74) is 2.62. The van der Waals surface area contributed by atoms with E-state index in [1.807, 2.05) is 36.4 Å². The molecule has 30 heavy (non-hydrogen) atoms. The molecule has 1 aliphatic rings. The summed E-state index contributed by atoms with van der Waals surface area (Å²) in [5.74, 6) is 0.816. The van der Waals surface area contributed by atoms with Crippen LogP contribution in [-0.2, 0) is 11.3 Å². The lowest BCUT2D eigenvalue weighted by Crippen LogP contribution is -2.38. The Bertz CT molecular complexity index is 1100. The van der Waals surface area contributed by atoms with Crippen LogP contribution in [-0.4, -0.2) is 25.5 Å². The molecule has 2 amide bonds. The Hall–Kier alpha value is -3.51. The van der Waals surface area contributed by atoms with Gasteiger partial charge < -0.3 is 19.7 Å². The van der Waals surface area contributed by atoms with Gasteiger partial charge >= 0.3 is 0 Å². The third kappa shape index (κ3) is 4.09. The van der Waals surface area contributed by atoms with E-state index in [1.54, 1.807) is 35.2 Å².